The lowest BCUT2D eigenvalue weighted by molar-refractivity contribution is -0.00828. The molecule has 2 saturated carbocycles. The summed E-state index contributed by atoms with van der Waals surface area (Å²) in [5, 5.41) is 0. The minimum atomic E-state index is -0.576. The van der Waals surface area contributed by atoms with Crippen LogP contribution in [0, 0.1) is 5.92 Å². The first-order valence-corrected chi connectivity index (χ1v) is 7.70. The zero-order valence-electron chi connectivity index (χ0n) is 10.9. The van der Waals surface area contributed by atoms with Crippen molar-refractivity contribution in [1.82, 2.24) is 0 Å². The minimum Gasteiger partial charge on any atom is -0.431 e. The second-order valence-electron chi connectivity index (χ2n) is 5.49. The Morgan fingerprint density at radius 2 is 1.50 bits per heavy atom. The molecule has 0 radical (unpaired) electrons. The Labute approximate surface area is 114 Å². The summed E-state index contributed by atoms with van der Waals surface area (Å²) in [6.45, 7) is 0. The van der Waals surface area contributed by atoms with Crippen molar-refractivity contribution in [2.45, 2.75) is 75.9 Å². The molecule has 2 aliphatic rings. The zero-order valence-corrected chi connectivity index (χ0v) is 11.7. The van der Waals surface area contributed by atoms with Crippen molar-refractivity contribution < 1.29 is 14.3 Å². The van der Waals surface area contributed by atoms with Crippen molar-refractivity contribution in [2.24, 2.45) is 5.92 Å². The van der Waals surface area contributed by atoms with Crippen molar-refractivity contribution in [3.8, 4) is 0 Å². The fourth-order valence-electron chi connectivity index (χ4n) is 2.93. The van der Waals surface area contributed by atoms with Crippen LogP contribution in [0.25, 0.3) is 0 Å². The molecule has 0 amide bonds. The quantitative estimate of drug-likeness (QED) is 0.556. The Hall–Kier alpha value is -0.440. The number of carbonyl (C=O) groups excluding carboxylic acids is 1. The first-order valence-electron chi connectivity index (χ1n) is 7.27. The van der Waals surface area contributed by atoms with E-state index in [1.807, 2.05) is 0 Å². The van der Waals surface area contributed by atoms with Gasteiger partial charge in [-0.3, -0.25) is 0 Å². The topological polar surface area (TPSA) is 35.5 Å². The monoisotopic (exact) mass is 274 g/mol. The van der Waals surface area contributed by atoms with Crippen LogP contribution in [-0.4, -0.2) is 17.8 Å². The smallest absolute Gasteiger partial charge is 0.431 e. The van der Waals surface area contributed by atoms with E-state index in [1.165, 1.54) is 25.7 Å². The Morgan fingerprint density at radius 1 is 0.944 bits per heavy atom. The molecule has 2 aliphatic carbocycles. The van der Waals surface area contributed by atoms with Gasteiger partial charge >= 0.3 is 6.16 Å². The summed E-state index contributed by atoms with van der Waals surface area (Å²) < 4.78 is 10.5. The molecular weight excluding hydrogens is 252 g/mol. The van der Waals surface area contributed by atoms with E-state index < -0.39 is 11.7 Å². The molecule has 0 aliphatic heterocycles. The molecule has 0 aromatic rings. The molecule has 0 aromatic carbocycles. The highest BCUT2D eigenvalue weighted by atomic mass is 35.5. The molecule has 2 rings (SSSR count). The maximum Gasteiger partial charge on any atom is 0.510 e. The van der Waals surface area contributed by atoms with Gasteiger partial charge in [-0.1, -0.05) is 37.3 Å². The highest BCUT2D eigenvalue weighted by Crippen LogP contribution is 2.30. The zero-order chi connectivity index (χ0) is 12.8. The van der Waals surface area contributed by atoms with Crippen LogP contribution in [0.15, 0.2) is 0 Å². The standard InChI is InChI=1S/C14H23ClO3/c15-13(11-7-3-1-4-8-11)18-14(16)17-12-9-5-2-6-10-12/h11-13H,1-10H2. The summed E-state index contributed by atoms with van der Waals surface area (Å²) in [7, 11) is 0. The second kappa shape index (κ2) is 7.22. The van der Waals surface area contributed by atoms with Crippen LogP contribution >= 0.6 is 11.6 Å². The van der Waals surface area contributed by atoms with Gasteiger partial charge in [0.1, 0.15) is 6.10 Å². The number of hydrogen-bond donors (Lipinski definition) is 0. The van der Waals surface area contributed by atoms with Crippen molar-refractivity contribution in [2.75, 3.05) is 0 Å². The lowest BCUT2D eigenvalue weighted by atomic mass is 9.90. The van der Waals surface area contributed by atoms with Crippen molar-refractivity contribution >= 4 is 17.8 Å². The highest BCUT2D eigenvalue weighted by Gasteiger charge is 2.27. The summed E-state index contributed by atoms with van der Waals surface area (Å²) >= 11 is 6.15. The SMILES string of the molecule is O=C(OC1CCCCC1)OC(Cl)C1CCCCC1. The molecule has 0 bridgehead atoms. The van der Waals surface area contributed by atoms with Gasteiger partial charge in [-0.05, 0) is 38.5 Å². The minimum absolute atomic E-state index is 0.0430. The molecule has 3 nitrogen and oxygen atoms in total. The second-order valence-corrected chi connectivity index (χ2v) is 5.93. The summed E-state index contributed by atoms with van der Waals surface area (Å²) in [6, 6.07) is 0. The van der Waals surface area contributed by atoms with E-state index in [2.05, 4.69) is 0 Å². The van der Waals surface area contributed by atoms with Crippen LogP contribution in [0.3, 0.4) is 0 Å². The van der Waals surface area contributed by atoms with E-state index in [-0.39, 0.29) is 6.10 Å². The fraction of sp³-hybridized carbons (Fsp3) is 0.929. The number of alkyl halides is 1. The van der Waals surface area contributed by atoms with Gasteiger partial charge in [-0.2, -0.15) is 0 Å². The van der Waals surface area contributed by atoms with E-state index in [0.717, 1.165) is 38.5 Å². The normalized spacial score (nSPS) is 24.5. The predicted octanol–water partition coefficient (Wildman–Crippen LogP) is 4.62. The van der Waals surface area contributed by atoms with Gasteiger partial charge in [-0.15, -0.1) is 0 Å². The van der Waals surface area contributed by atoms with Crippen LogP contribution in [0.2, 0.25) is 0 Å². The van der Waals surface area contributed by atoms with Crippen LogP contribution < -0.4 is 0 Å². The molecule has 0 aromatic heterocycles. The average Bonchev–Trinajstić information content (AvgIpc) is 2.40. The number of rotatable bonds is 3. The Kier molecular flexibility index (Phi) is 5.61. The number of carbonyl (C=O) groups is 1. The first kappa shape index (κ1) is 14.0. The number of hydrogen-bond acceptors (Lipinski definition) is 3. The van der Waals surface area contributed by atoms with Gasteiger partial charge in [0.25, 0.3) is 0 Å². The molecule has 1 unspecified atom stereocenters. The molecule has 0 spiro atoms. The number of halogens is 1. The largest absolute Gasteiger partial charge is 0.510 e. The average molecular weight is 275 g/mol. The Morgan fingerprint density at radius 3 is 2.11 bits per heavy atom. The van der Waals surface area contributed by atoms with E-state index >= 15 is 0 Å². The third-order valence-corrected chi connectivity index (χ3v) is 4.49. The summed E-state index contributed by atoms with van der Waals surface area (Å²) in [6.07, 6.45) is 10.7. The van der Waals surface area contributed by atoms with Gasteiger partial charge in [0.15, 0.2) is 5.56 Å². The molecule has 4 heteroatoms. The summed E-state index contributed by atoms with van der Waals surface area (Å²) in [5.74, 6) is 0.305. The van der Waals surface area contributed by atoms with Gasteiger partial charge in [0.05, 0.1) is 0 Å². The molecule has 18 heavy (non-hydrogen) atoms. The molecule has 2 fully saturated rings. The third-order valence-electron chi connectivity index (χ3n) is 4.04. The Bertz CT molecular complexity index is 258. The number of ether oxygens (including phenoxy) is 2. The van der Waals surface area contributed by atoms with Crippen molar-refractivity contribution in [3.63, 3.8) is 0 Å². The van der Waals surface area contributed by atoms with Crippen LogP contribution in [0.4, 0.5) is 4.79 Å². The van der Waals surface area contributed by atoms with Gasteiger partial charge in [-0.25, -0.2) is 4.79 Å². The predicted molar refractivity (Wildman–Crippen MR) is 70.7 cm³/mol. The summed E-state index contributed by atoms with van der Waals surface area (Å²) in [4.78, 5) is 11.6. The molecule has 0 saturated heterocycles. The van der Waals surface area contributed by atoms with Crippen LogP contribution in [-0.2, 0) is 9.47 Å². The molecule has 1 atom stereocenters. The molecular formula is C14H23ClO3. The molecule has 0 N–H and O–H groups in total. The van der Waals surface area contributed by atoms with E-state index in [9.17, 15) is 4.79 Å². The highest BCUT2D eigenvalue weighted by molar-refractivity contribution is 6.20. The van der Waals surface area contributed by atoms with E-state index in [4.69, 9.17) is 21.1 Å². The maximum absolute atomic E-state index is 11.6. The van der Waals surface area contributed by atoms with E-state index in [0.29, 0.717) is 5.92 Å². The van der Waals surface area contributed by atoms with Crippen LogP contribution in [0.1, 0.15) is 64.2 Å². The lowest BCUT2D eigenvalue weighted by Crippen LogP contribution is -2.27. The maximum atomic E-state index is 11.6. The Balaban J connectivity index is 1.68. The first-order chi connectivity index (χ1) is 8.75. The fourth-order valence-corrected chi connectivity index (χ4v) is 3.26. The van der Waals surface area contributed by atoms with Crippen molar-refractivity contribution in [1.29, 1.82) is 0 Å². The van der Waals surface area contributed by atoms with E-state index in [1.54, 1.807) is 0 Å². The van der Waals surface area contributed by atoms with Crippen molar-refractivity contribution in [3.05, 3.63) is 0 Å². The van der Waals surface area contributed by atoms with Gasteiger partial charge < -0.3 is 9.47 Å². The van der Waals surface area contributed by atoms with Gasteiger partial charge in [0, 0.05) is 5.92 Å². The summed E-state index contributed by atoms with van der Waals surface area (Å²) in [5.41, 5.74) is -0.513. The lowest BCUT2D eigenvalue weighted by Gasteiger charge is -2.27. The molecule has 104 valence electrons. The van der Waals surface area contributed by atoms with Gasteiger partial charge in [0.2, 0.25) is 0 Å². The third kappa shape index (κ3) is 4.34. The molecule has 0 heterocycles. The van der Waals surface area contributed by atoms with Crippen LogP contribution in [0.5, 0.6) is 0 Å².